The van der Waals surface area contributed by atoms with Crippen molar-refractivity contribution in [2.24, 2.45) is 0 Å². The maximum absolute atomic E-state index is 12.0. The van der Waals surface area contributed by atoms with Gasteiger partial charge in [-0.2, -0.15) is 5.10 Å². The van der Waals surface area contributed by atoms with Crippen molar-refractivity contribution in [1.29, 1.82) is 0 Å². The lowest BCUT2D eigenvalue weighted by Crippen LogP contribution is -2.16. The highest BCUT2D eigenvalue weighted by Gasteiger charge is 2.23. The zero-order valence-corrected chi connectivity index (χ0v) is 24.3. The summed E-state index contributed by atoms with van der Waals surface area (Å²) in [5.41, 5.74) is 5.37. The molecule has 0 spiro atoms. The number of carbonyl (C=O) groups is 2. The Hall–Kier alpha value is -4.15. The van der Waals surface area contributed by atoms with Gasteiger partial charge >= 0.3 is 0 Å². The summed E-state index contributed by atoms with van der Waals surface area (Å²) in [5, 5.41) is 7.56. The molecule has 40 heavy (non-hydrogen) atoms. The van der Waals surface area contributed by atoms with Gasteiger partial charge in [0.25, 0.3) is 0 Å². The second-order valence-corrected chi connectivity index (χ2v) is 9.17. The van der Waals surface area contributed by atoms with Gasteiger partial charge in [0, 0.05) is 37.5 Å². The number of ether oxygens (including phenoxy) is 3. The number of nitrogens with one attached hydrogen (secondary N) is 1. The summed E-state index contributed by atoms with van der Waals surface area (Å²) < 4.78 is 18.1. The number of amides is 2. The van der Waals surface area contributed by atoms with Gasteiger partial charge < -0.3 is 24.4 Å². The molecule has 0 bridgehead atoms. The second kappa shape index (κ2) is 13.8. The first-order valence-electron chi connectivity index (χ1n) is 12.5. The van der Waals surface area contributed by atoms with Crippen molar-refractivity contribution in [3.63, 3.8) is 0 Å². The van der Waals surface area contributed by atoms with E-state index in [9.17, 15) is 9.59 Å². The third-order valence-corrected chi connectivity index (χ3v) is 6.74. The van der Waals surface area contributed by atoms with E-state index in [1.807, 2.05) is 26.0 Å². The fourth-order valence-corrected chi connectivity index (χ4v) is 4.62. The smallest absolute Gasteiger partial charge is 0.247 e. The molecule has 0 atom stereocenters. The highest BCUT2D eigenvalue weighted by Crippen LogP contribution is 2.42. The third kappa shape index (κ3) is 6.35. The first-order chi connectivity index (χ1) is 19.2. The van der Waals surface area contributed by atoms with Gasteiger partial charge in [0.05, 0.1) is 55.7 Å². The normalized spacial score (nSPS) is 11.2. The van der Waals surface area contributed by atoms with Crippen LogP contribution in [0.3, 0.4) is 0 Å². The molecule has 10 nitrogen and oxygen atoms in total. The molecular weight excluding hydrogens is 534 g/mol. The summed E-state index contributed by atoms with van der Waals surface area (Å²) in [7, 11) is 6.36. The van der Waals surface area contributed by atoms with Gasteiger partial charge in [-0.15, -0.1) is 0 Å². The predicted octanol–water partition coefficient (Wildman–Crippen LogP) is 4.84. The number of aromatic nitrogens is 3. The summed E-state index contributed by atoms with van der Waals surface area (Å²) >= 11 is 6.81. The lowest BCUT2D eigenvalue weighted by atomic mass is 9.97. The van der Waals surface area contributed by atoms with Gasteiger partial charge in [0.15, 0.2) is 0 Å². The highest BCUT2D eigenvalue weighted by molar-refractivity contribution is 6.34. The van der Waals surface area contributed by atoms with Crippen molar-refractivity contribution in [1.82, 2.24) is 19.7 Å². The molecule has 2 amide bonds. The van der Waals surface area contributed by atoms with Gasteiger partial charge in [-0.25, -0.2) is 0 Å². The topological polar surface area (TPSA) is 108 Å². The number of halogens is 1. The standard InChI is InChI=1S/C29H34ClN5O5/c1-8-20-24(39-6)14-25(40-7)28(30)27(20)23(34(4)17-36)13-19-15-31-21(12-18(19)3)29-22(33-26(37)9-2)16-32-35(29)10-11-38-5/h9,12-17H,2,8,10-11H2,1,3-7H3,(H,33,37)/b23-13-. The molecule has 3 rings (SSSR count). The van der Waals surface area contributed by atoms with Crippen LogP contribution in [0.15, 0.2) is 37.2 Å². The Morgan fingerprint density at radius 3 is 2.50 bits per heavy atom. The molecule has 0 unspecified atom stereocenters. The van der Waals surface area contributed by atoms with Crippen LogP contribution in [0, 0.1) is 6.92 Å². The Labute approximate surface area is 239 Å². The van der Waals surface area contributed by atoms with Crippen LogP contribution < -0.4 is 14.8 Å². The first kappa shape index (κ1) is 30.4. The minimum absolute atomic E-state index is 0.359. The largest absolute Gasteiger partial charge is 0.496 e. The molecule has 2 heterocycles. The molecule has 0 saturated carbocycles. The van der Waals surface area contributed by atoms with E-state index in [-0.39, 0.29) is 5.91 Å². The van der Waals surface area contributed by atoms with Gasteiger partial charge in [0.2, 0.25) is 12.3 Å². The fraction of sp³-hybridized carbons (Fsp3) is 0.310. The van der Waals surface area contributed by atoms with Crippen molar-refractivity contribution in [3.8, 4) is 22.9 Å². The van der Waals surface area contributed by atoms with Crippen LogP contribution >= 0.6 is 11.6 Å². The van der Waals surface area contributed by atoms with Gasteiger partial charge in [0.1, 0.15) is 17.2 Å². The summed E-state index contributed by atoms with van der Waals surface area (Å²) in [6.45, 7) is 8.32. The molecule has 0 fully saturated rings. The predicted molar refractivity (Wildman–Crippen MR) is 157 cm³/mol. The number of hydrogen-bond acceptors (Lipinski definition) is 7. The van der Waals surface area contributed by atoms with Gasteiger partial charge in [-0.05, 0) is 42.7 Å². The molecule has 0 aliphatic rings. The van der Waals surface area contributed by atoms with Crippen molar-refractivity contribution >= 4 is 41.4 Å². The average molecular weight is 568 g/mol. The Bertz CT molecular complexity index is 1430. The summed E-state index contributed by atoms with van der Waals surface area (Å²) in [4.78, 5) is 30.2. The zero-order valence-electron chi connectivity index (χ0n) is 23.6. The summed E-state index contributed by atoms with van der Waals surface area (Å²) in [6.07, 6.45) is 7.63. The maximum atomic E-state index is 12.0. The first-order valence-corrected chi connectivity index (χ1v) is 12.9. The van der Waals surface area contributed by atoms with Crippen molar-refractivity contribution in [2.75, 3.05) is 40.3 Å². The molecule has 3 aromatic rings. The number of aryl methyl sites for hydroxylation is 1. The highest BCUT2D eigenvalue weighted by atomic mass is 35.5. The number of hydrogen-bond donors (Lipinski definition) is 1. The molecule has 1 N–H and O–H groups in total. The number of benzene rings is 1. The quantitative estimate of drug-likeness (QED) is 0.232. The molecule has 2 aromatic heterocycles. The molecular formula is C29H34ClN5O5. The molecule has 0 aliphatic heterocycles. The minimum Gasteiger partial charge on any atom is -0.496 e. The van der Waals surface area contributed by atoms with Crippen LogP contribution in [0.25, 0.3) is 23.2 Å². The van der Waals surface area contributed by atoms with Crippen LogP contribution in [0.1, 0.15) is 29.2 Å². The summed E-state index contributed by atoms with van der Waals surface area (Å²) in [5.74, 6) is 0.676. The monoisotopic (exact) mass is 567 g/mol. The molecule has 0 aliphatic carbocycles. The maximum Gasteiger partial charge on any atom is 0.247 e. The number of nitrogens with zero attached hydrogens (tertiary/aromatic N) is 4. The van der Waals surface area contributed by atoms with E-state index >= 15 is 0 Å². The van der Waals surface area contributed by atoms with E-state index in [2.05, 4.69) is 17.0 Å². The van der Waals surface area contributed by atoms with Crippen molar-refractivity contribution in [3.05, 3.63) is 64.5 Å². The van der Waals surface area contributed by atoms with E-state index in [1.54, 1.807) is 44.4 Å². The molecule has 1 aromatic carbocycles. The zero-order chi connectivity index (χ0) is 29.4. The third-order valence-electron chi connectivity index (χ3n) is 6.36. The van der Waals surface area contributed by atoms with Crippen LogP contribution in [0.2, 0.25) is 5.02 Å². The van der Waals surface area contributed by atoms with E-state index in [0.717, 1.165) is 16.7 Å². The SMILES string of the molecule is C=CC(=O)Nc1cnn(CCOC)c1-c1cc(C)c(/C=C(/c2c(Cl)c(OC)cc(OC)c2CC)N(C)C=O)cn1. The number of rotatable bonds is 13. The van der Waals surface area contributed by atoms with Gasteiger partial charge in [-0.3, -0.25) is 19.3 Å². The lowest BCUT2D eigenvalue weighted by Gasteiger charge is -2.23. The number of methoxy groups -OCH3 is 3. The number of carbonyl (C=O) groups excluding carboxylic acids is 2. The van der Waals surface area contributed by atoms with E-state index < -0.39 is 0 Å². The molecule has 212 valence electrons. The number of pyridine rings is 1. The second-order valence-electron chi connectivity index (χ2n) is 8.79. The van der Waals surface area contributed by atoms with Crippen molar-refractivity contribution in [2.45, 2.75) is 26.8 Å². The number of anilines is 1. The van der Waals surface area contributed by atoms with Gasteiger partial charge in [-0.1, -0.05) is 25.1 Å². The minimum atomic E-state index is -0.359. The molecule has 0 saturated heterocycles. The average Bonchev–Trinajstić information content (AvgIpc) is 3.36. The Morgan fingerprint density at radius 2 is 1.93 bits per heavy atom. The fourth-order valence-electron chi connectivity index (χ4n) is 4.28. The van der Waals surface area contributed by atoms with Crippen LogP contribution in [0.5, 0.6) is 11.5 Å². The Morgan fingerprint density at radius 1 is 1.20 bits per heavy atom. The van der Waals surface area contributed by atoms with Crippen LogP contribution in [-0.2, 0) is 27.3 Å². The lowest BCUT2D eigenvalue weighted by molar-refractivity contribution is -0.114. The van der Waals surface area contributed by atoms with Crippen LogP contribution in [-0.4, -0.2) is 67.0 Å². The molecule has 0 radical (unpaired) electrons. The van der Waals surface area contributed by atoms with Crippen LogP contribution in [0.4, 0.5) is 5.69 Å². The van der Waals surface area contributed by atoms with E-state index in [0.29, 0.717) is 70.8 Å². The van der Waals surface area contributed by atoms with E-state index in [4.69, 9.17) is 30.8 Å². The summed E-state index contributed by atoms with van der Waals surface area (Å²) in [6, 6.07) is 3.63. The van der Waals surface area contributed by atoms with E-state index in [1.165, 1.54) is 18.1 Å². The molecule has 11 heteroatoms. The van der Waals surface area contributed by atoms with Crippen molar-refractivity contribution < 1.29 is 23.8 Å². The Balaban J connectivity index is 2.20. The Kier molecular flexibility index (Phi) is 10.5.